The van der Waals surface area contributed by atoms with Gasteiger partial charge in [0.25, 0.3) is 5.78 Å². The predicted molar refractivity (Wildman–Crippen MR) is 86.1 cm³/mol. The van der Waals surface area contributed by atoms with Crippen molar-refractivity contribution in [2.24, 2.45) is 16.8 Å². The van der Waals surface area contributed by atoms with Crippen molar-refractivity contribution in [3.63, 3.8) is 0 Å². The first kappa shape index (κ1) is 19.0. The normalized spacial score (nSPS) is 12.2. The van der Waals surface area contributed by atoms with Crippen LogP contribution in [-0.2, 0) is 19.1 Å². The predicted octanol–water partition coefficient (Wildman–Crippen LogP) is 0.786. The minimum Gasteiger partial charge on any atom is -0.460 e. The fraction of sp³-hybridized carbons (Fsp3) is 0.312. The third-order valence-electron chi connectivity index (χ3n) is 3.09. The molecule has 0 bridgehead atoms. The maximum absolute atomic E-state index is 12.1. The van der Waals surface area contributed by atoms with Crippen LogP contribution >= 0.6 is 0 Å². The van der Waals surface area contributed by atoms with E-state index in [4.69, 9.17) is 5.73 Å². The van der Waals surface area contributed by atoms with Gasteiger partial charge in [0, 0.05) is 6.42 Å². The molecule has 0 saturated heterocycles. The number of hydrazone groups is 1. The van der Waals surface area contributed by atoms with E-state index in [0.717, 1.165) is 0 Å². The first-order valence-electron chi connectivity index (χ1n) is 7.25. The average molecular weight is 333 g/mol. The Hall–Kier alpha value is -3.03. The van der Waals surface area contributed by atoms with Gasteiger partial charge in [-0.05, 0) is 19.4 Å². The monoisotopic (exact) mass is 333 g/mol. The second kappa shape index (κ2) is 9.19. The number of hydrogen-bond acceptors (Lipinski definition) is 6. The summed E-state index contributed by atoms with van der Waals surface area (Å²) >= 11 is 0. The molecule has 0 aliphatic rings. The zero-order valence-corrected chi connectivity index (χ0v) is 13.4. The number of nitrogens with zero attached hydrogens (tertiary/aromatic N) is 1. The number of nitrogens with two attached hydrogens (primary N) is 1. The summed E-state index contributed by atoms with van der Waals surface area (Å²) in [7, 11) is 0. The van der Waals surface area contributed by atoms with Crippen LogP contribution in [0.4, 0.5) is 4.79 Å². The number of esters is 1. The lowest BCUT2D eigenvalue weighted by Gasteiger charge is -2.14. The zero-order valence-electron chi connectivity index (χ0n) is 13.4. The van der Waals surface area contributed by atoms with Crippen LogP contribution in [0.5, 0.6) is 0 Å². The number of carbonyl (C=O) groups excluding carboxylic acids is 4. The van der Waals surface area contributed by atoms with Crippen LogP contribution in [0.3, 0.4) is 0 Å². The summed E-state index contributed by atoms with van der Waals surface area (Å²) in [5, 5.41) is 3.84. The van der Waals surface area contributed by atoms with Gasteiger partial charge >= 0.3 is 12.0 Å². The summed E-state index contributed by atoms with van der Waals surface area (Å²) in [6.07, 6.45) is -0.169. The van der Waals surface area contributed by atoms with E-state index in [9.17, 15) is 19.2 Å². The van der Waals surface area contributed by atoms with Gasteiger partial charge in [-0.15, -0.1) is 0 Å². The Morgan fingerprint density at radius 3 is 2.33 bits per heavy atom. The van der Waals surface area contributed by atoms with E-state index in [1.165, 1.54) is 6.92 Å². The molecule has 8 nitrogen and oxygen atoms in total. The molecule has 1 aromatic rings. The first-order chi connectivity index (χ1) is 11.4. The van der Waals surface area contributed by atoms with Crippen molar-refractivity contribution in [2.45, 2.75) is 20.3 Å². The molecule has 0 aliphatic carbocycles. The molecular weight excluding hydrogens is 314 g/mol. The standard InChI is InChI=1S/C16H19N3O5/c1-3-24-15(22)14(21)12(10(2)20)9-13(18-19-16(17)23)11-7-5-4-6-8-11/h4-8,12H,3,9H2,1-2H3,(H3,17,19,23)/b18-13-. The van der Waals surface area contributed by atoms with Gasteiger partial charge in [0.2, 0.25) is 0 Å². The number of urea groups is 1. The Labute approximate surface area is 139 Å². The quantitative estimate of drug-likeness (QED) is 0.239. The Morgan fingerprint density at radius 1 is 1.21 bits per heavy atom. The van der Waals surface area contributed by atoms with Crippen LogP contribution in [0.25, 0.3) is 0 Å². The number of primary amides is 1. The molecule has 0 heterocycles. The fourth-order valence-electron chi connectivity index (χ4n) is 1.94. The second-order valence-corrected chi connectivity index (χ2v) is 4.85. The van der Waals surface area contributed by atoms with Crippen LogP contribution in [0, 0.1) is 5.92 Å². The number of hydrogen-bond donors (Lipinski definition) is 2. The van der Waals surface area contributed by atoms with Crippen LogP contribution in [0.2, 0.25) is 0 Å². The van der Waals surface area contributed by atoms with Gasteiger partial charge in [0.05, 0.1) is 18.2 Å². The molecule has 0 aliphatic heterocycles. The molecule has 2 amide bonds. The van der Waals surface area contributed by atoms with E-state index < -0.39 is 29.5 Å². The van der Waals surface area contributed by atoms with E-state index in [1.807, 2.05) is 0 Å². The summed E-state index contributed by atoms with van der Waals surface area (Å²) in [6, 6.07) is 7.71. The molecule has 0 aromatic heterocycles. The molecule has 8 heteroatoms. The average Bonchev–Trinajstić information content (AvgIpc) is 2.55. The van der Waals surface area contributed by atoms with Crippen molar-refractivity contribution in [3.05, 3.63) is 35.9 Å². The third-order valence-corrected chi connectivity index (χ3v) is 3.09. The Kier molecular flexibility index (Phi) is 7.28. The van der Waals surface area contributed by atoms with Crippen molar-refractivity contribution < 1.29 is 23.9 Å². The van der Waals surface area contributed by atoms with Gasteiger partial charge in [-0.25, -0.2) is 15.0 Å². The van der Waals surface area contributed by atoms with E-state index in [1.54, 1.807) is 37.3 Å². The number of rotatable bonds is 8. The van der Waals surface area contributed by atoms with Crippen molar-refractivity contribution in [1.29, 1.82) is 0 Å². The van der Waals surface area contributed by atoms with Crippen molar-refractivity contribution >= 4 is 29.3 Å². The van der Waals surface area contributed by atoms with Crippen LogP contribution < -0.4 is 11.2 Å². The highest BCUT2D eigenvalue weighted by molar-refractivity contribution is 6.38. The van der Waals surface area contributed by atoms with Crippen LogP contribution in [-0.4, -0.2) is 35.9 Å². The van der Waals surface area contributed by atoms with Crippen LogP contribution in [0.15, 0.2) is 35.4 Å². The first-order valence-corrected chi connectivity index (χ1v) is 7.25. The molecule has 1 unspecified atom stereocenters. The number of benzene rings is 1. The lowest BCUT2D eigenvalue weighted by Crippen LogP contribution is -2.33. The molecule has 0 fully saturated rings. The number of nitrogens with one attached hydrogen (secondary N) is 1. The van der Waals surface area contributed by atoms with Gasteiger partial charge in [-0.1, -0.05) is 30.3 Å². The largest absolute Gasteiger partial charge is 0.460 e. The number of ketones is 2. The van der Waals surface area contributed by atoms with Crippen LogP contribution in [0.1, 0.15) is 25.8 Å². The van der Waals surface area contributed by atoms with Crippen molar-refractivity contribution in [2.75, 3.05) is 6.61 Å². The molecule has 128 valence electrons. The molecule has 0 saturated carbocycles. The molecule has 1 aromatic carbocycles. The van der Waals surface area contributed by atoms with Gasteiger partial charge < -0.3 is 10.5 Å². The molecule has 24 heavy (non-hydrogen) atoms. The number of amides is 2. The number of ether oxygens (including phenoxy) is 1. The SMILES string of the molecule is CCOC(=O)C(=O)C(C/C(=N/NC(N)=O)c1ccccc1)C(C)=O. The highest BCUT2D eigenvalue weighted by atomic mass is 16.5. The zero-order chi connectivity index (χ0) is 18.1. The molecule has 3 N–H and O–H groups in total. The maximum atomic E-state index is 12.1. The fourth-order valence-corrected chi connectivity index (χ4v) is 1.94. The molecular formula is C16H19N3O5. The maximum Gasteiger partial charge on any atom is 0.375 e. The Bertz CT molecular complexity index is 655. The highest BCUT2D eigenvalue weighted by Gasteiger charge is 2.31. The number of carbonyl (C=O) groups is 4. The van der Waals surface area contributed by atoms with E-state index >= 15 is 0 Å². The van der Waals surface area contributed by atoms with Crippen molar-refractivity contribution in [1.82, 2.24) is 5.43 Å². The minimum absolute atomic E-state index is 0.0259. The minimum atomic E-state index is -1.25. The summed E-state index contributed by atoms with van der Waals surface area (Å²) in [5.74, 6) is -3.78. The summed E-state index contributed by atoms with van der Waals surface area (Å²) in [4.78, 5) is 46.4. The van der Waals surface area contributed by atoms with E-state index in [0.29, 0.717) is 5.56 Å². The number of Topliss-reactive ketones (excluding diaryl/α,β-unsaturated/α-hetero) is 2. The lowest BCUT2D eigenvalue weighted by molar-refractivity contribution is -0.156. The smallest absolute Gasteiger partial charge is 0.375 e. The van der Waals surface area contributed by atoms with Crippen molar-refractivity contribution in [3.8, 4) is 0 Å². The lowest BCUT2D eigenvalue weighted by atomic mass is 9.91. The molecule has 0 spiro atoms. The summed E-state index contributed by atoms with van der Waals surface area (Å²) in [6.45, 7) is 2.78. The van der Waals surface area contributed by atoms with Gasteiger partial charge in [0.15, 0.2) is 0 Å². The molecule has 1 atom stereocenters. The summed E-state index contributed by atoms with van der Waals surface area (Å²) in [5.41, 5.74) is 7.88. The third kappa shape index (κ3) is 5.64. The second-order valence-electron chi connectivity index (χ2n) is 4.85. The van der Waals surface area contributed by atoms with E-state index in [2.05, 4.69) is 15.3 Å². The molecule has 1 rings (SSSR count). The Balaban J connectivity index is 3.11. The molecule has 0 radical (unpaired) electrons. The van der Waals surface area contributed by atoms with E-state index in [-0.39, 0.29) is 18.7 Å². The Morgan fingerprint density at radius 2 is 1.83 bits per heavy atom. The summed E-state index contributed by atoms with van der Waals surface area (Å²) < 4.78 is 4.65. The van der Waals surface area contributed by atoms with Gasteiger partial charge in [-0.2, -0.15) is 5.10 Å². The topological polar surface area (TPSA) is 128 Å². The van der Waals surface area contributed by atoms with Gasteiger partial charge in [0.1, 0.15) is 5.78 Å². The highest BCUT2D eigenvalue weighted by Crippen LogP contribution is 2.14. The van der Waals surface area contributed by atoms with Gasteiger partial charge in [-0.3, -0.25) is 9.59 Å².